The van der Waals surface area contributed by atoms with E-state index in [9.17, 15) is 0 Å². The van der Waals surface area contributed by atoms with Crippen LogP contribution < -0.4 is 0 Å². The van der Waals surface area contributed by atoms with E-state index in [-0.39, 0.29) is 6.10 Å². The first-order valence-corrected chi connectivity index (χ1v) is 4.73. The molecule has 1 atom stereocenters. The maximum absolute atomic E-state index is 8.97. The van der Waals surface area contributed by atoms with Crippen molar-refractivity contribution < 1.29 is 5.11 Å². The molecule has 0 rings (SSSR count). The largest absolute Gasteiger partial charge is 0.393 e. The van der Waals surface area contributed by atoms with Crippen molar-refractivity contribution in [3.8, 4) is 0 Å². The van der Waals surface area contributed by atoms with Crippen LogP contribution in [0, 0.1) is 0 Å². The third-order valence-corrected chi connectivity index (χ3v) is 1.76. The van der Waals surface area contributed by atoms with E-state index in [0.29, 0.717) is 0 Å². The van der Waals surface area contributed by atoms with Crippen LogP contribution in [-0.4, -0.2) is 11.2 Å². The lowest BCUT2D eigenvalue weighted by atomic mass is 10.1. The fourth-order valence-corrected chi connectivity index (χ4v) is 1.07. The van der Waals surface area contributed by atoms with Crippen LogP contribution in [0.15, 0.2) is 24.8 Å². The van der Waals surface area contributed by atoms with Crippen molar-refractivity contribution in [3.63, 3.8) is 0 Å². The number of unbranched alkanes of at least 4 members (excludes halogenated alkanes) is 3. The number of hydrogen-bond donors (Lipinski definition) is 1. The Hall–Kier alpha value is -0.560. The van der Waals surface area contributed by atoms with E-state index in [1.54, 1.807) is 6.08 Å². The molecule has 0 aliphatic heterocycles. The molecule has 0 aromatic carbocycles. The lowest BCUT2D eigenvalue weighted by Crippen LogP contribution is -1.97. The van der Waals surface area contributed by atoms with Crippen molar-refractivity contribution in [1.29, 1.82) is 0 Å². The summed E-state index contributed by atoms with van der Waals surface area (Å²) in [5.41, 5.74) is 0. The second kappa shape index (κ2) is 8.54. The molecule has 0 spiro atoms. The SMILES string of the molecule is C=CC=CCCCCCC(C)O. The summed E-state index contributed by atoms with van der Waals surface area (Å²) in [6, 6.07) is 0. The molecule has 0 bridgehead atoms. The van der Waals surface area contributed by atoms with Crippen LogP contribution >= 0.6 is 0 Å². The van der Waals surface area contributed by atoms with Crippen molar-refractivity contribution in [2.45, 2.75) is 45.1 Å². The molecule has 1 nitrogen and oxygen atoms in total. The second-order valence-electron chi connectivity index (χ2n) is 3.15. The van der Waals surface area contributed by atoms with Crippen LogP contribution in [0.5, 0.6) is 0 Å². The smallest absolute Gasteiger partial charge is 0.0512 e. The van der Waals surface area contributed by atoms with Gasteiger partial charge in [0.1, 0.15) is 0 Å². The van der Waals surface area contributed by atoms with Crippen LogP contribution in [0.25, 0.3) is 0 Å². The maximum atomic E-state index is 8.97. The zero-order valence-electron chi connectivity index (χ0n) is 8.00. The fourth-order valence-electron chi connectivity index (χ4n) is 1.07. The average molecular weight is 168 g/mol. The Morgan fingerprint density at radius 3 is 2.67 bits per heavy atom. The van der Waals surface area contributed by atoms with Crippen LogP contribution in [0.3, 0.4) is 0 Å². The first-order valence-electron chi connectivity index (χ1n) is 4.73. The van der Waals surface area contributed by atoms with Crippen molar-refractivity contribution in [2.24, 2.45) is 0 Å². The van der Waals surface area contributed by atoms with E-state index >= 15 is 0 Å². The average Bonchev–Trinajstić information content (AvgIpc) is 2.02. The standard InChI is InChI=1S/C11H20O/c1-3-4-5-6-7-8-9-10-11(2)12/h3-5,11-12H,1,6-10H2,2H3. The number of aliphatic hydroxyl groups is 1. The van der Waals surface area contributed by atoms with Gasteiger partial charge in [-0.25, -0.2) is 0 Å². The summed E-state index contributed by atoms with van der Waals surface area (Å²) in [5, 5.41) is 8.97. The molecule has 0 saturated carbocycles. The van der Waals surface area contributed by atoms with Gasteiger partial charge in [-0.15, -0.1) is 0 Å². The highest BCUT2D eigenvalue weighted by Crippen LogP contribution is 2.05. The molecule has 1 N–H and O–H groups in total. The zero-order valence-corrected chi connectivity index (χ0v) is 8.00. The van der Waals surface area contributed by atoms with Gasteiger partial charge in [-0.2, -0.15) is 0 Å². The van der Waals surface area contributed by atoms with Gasteiger partial charge in [0.05, 0.1) is 6.10 Å². The molecule has 0 heterocycles. The molecule has 0 radical (unpaired) electrons. The molecule has 0 aromatic rings. The number of hydrogen-bond acceptors (Lipinski definition) is 1. The van der Waals surface area contributed by atoms with Crippen LogP contribution in [0.4, 0.5) is 0 Å². The van der Waals surface area contributed by atoms with E-state index < -0.39 is 0 Å². The summed E-state index contributed by atoms with van der Waals surface area (Å²) in [5.74, 6) is 0. The van der Waals surface area contributed by atoms with Gasteiger partial charge < -0.3 is 5.11 Å². The zero-order chi connectivity index (χ0) is 9.23. The van der Waals surface area contributed by atoms with Gasteiger partial charge in [-0.05, 0) is 26.2 Å². The van der Waals surface area contributed by atoms with E-state index in [4.69, 9.17) is 5.11 Å². The van der Waals surface area contributed by atoms with E-state index in [1.165, 1.54) is 12.8 Å². The lowest BCUT2D eigenvalue weighted by Gasteiger charge is -2.01. The first-order chi connectivity index (χ1) is 5.77. The lowest BCUT2D eigenvalue weighted by molar-refractivity contribution is 0.180. The summed E-state index contributed by atoms with van der Waals surface area (Å²) in [6.07, 6.45) is 11.4. The topological polar surface area (TPSA) is 20.2 Å². The predicted octanol–water partition coefficient (Wildman–Crippen LogP) is 3.06. The third kappa shape index (κ3) is 9.44. The van der Waals surface area contributed by atoms with Crippen LogP contribution in [0.1, 0.15) is 39.0 Å². The molecule has 1 heteroatoms. The molecule has 1 unspecified atom stereocenters. The van der Waals surface area contributed by atoms with Crippen LogP contribution in [0.2, 0.25) is 0 Å². The molecule has 0 amide bonds. The highest BCUT2D eigenvalue weighted by Gasteiger charge is 1.93. The van der Waals surface area contributed by atoms with Gasteiger partial charge in [0.25, 0.3) is 0 Å². The van der Waals surface area contributed by atoms with Gasteiger partial charge in [0.15, 0.2) is 0 Å². The summed E-state index contributed by atoms with van der Waals surface area (Å²) in [4.78, 5) is 0. The summed E-state index contributed by atoms with van der Waals surface area (Å²) < 4.78 is 0. The Balaban J connectivity index is 3.00. The Labute approximate surface area is 75.8 Å². The van der Waals surface area contributed by atoms with Crippen molar-refractivity contribution in [1.82, 2.24) is 0 Å². The molecule has 0 saturated heterocycles. The van der Waals surface area contributed by atoms with Gasteiger partial charge in [-0.3, -0.25) is 0 Å². The van der Waals surface area contributed by atoms with Gasteiger partial charge in [-0.1, -0.05) is 37.6 Å². The summed E-state index contributed by atoms with van der Waals surface area (Å²) in [7, 11) is 0. The highest BCUT2D eigenvalue weighted by molar-refractivity contribution is 4.96. The Bertz CT molecular complexity index is 125. The van der Waals surface area contributed by atoms with Gasteiger partial charge in [0, 0.05) is 0 Å². The molecule has 12 heavy (non-hydrogen) atoms. The van der Waals surface area contributed by atoms with Crippen molar-refractivity contribution in [3.05, 3.63) is 24.8 Å². The molecule has 0 aliphatic carbocycles. The summed E-state index contributed by atoms with van der Waals surface area (Å²) >= 11 is 0. The minimum Gasteiger partial charge on any atom is -0.393 e. The van der Waals surface area contributed by atoms with Crippen molar-refractivity contribution in [2.75, 3.05) is 0 Å². The predicted molar refractivity (Wildman–Crippen MR) is 54.1 cm³/mol. The second-order valence-corrected chi connectivity index (χ2v) is 3.15. The van der Waals surface area contributed by atoms with E-state index in [0.717, 1.165) is 19.3 Å². The quantitative estimate of drug-likeness (QED) is 0.457. The van der Waals surface area contributed by atoms with Gasteiger partial charge in [0.2, 0.25) is 0 Å². The summed E-state index contributed by atoms with van der Waals surface area (Å²) in [6.45, 7) is 5.44. The molecular weight excluding hydrogens is 148 g/mol. The third-order valence-electron chi connectivity index (χ3n) is 1.76. The fraction of sp³-hybridized carbons (Fsp3) is 0.636. The Morgan fingerprint density at radius 2 is 2.08 bits per heavy atom. The Kier molecular flexibility index (Phi) is 8.14. The number of allylic oxidation sites excluding steroid dienone is 3. The normalized spacial score (nSPS) is 13.5. The van der Waals surface area contributed by atoms with E-state index in [1.807, 2.05) is 13.0 Å². The molecule has 0 aliphatic rings. The van der Waals surface area contributed by atoms with Gasteiger partial charge >= 0.3 is 0 Å². The Morgan fingerprint density at radius 1 is 1.33 bits per heavy atom. The van der Waals surface area contributed by atoms with Crippen molar-refractivity contribution >= 4 is 0 Å². The molecule has 0 aromatic heterocycles. The highest BCUT2D eigenvalue weighted by atomic mass is 16.3. The minimum absolute atomic E-state index is 0.131. The number of rotatable bonds is 7. The number of aliphatic hydroxyl groups excluding tert-OH is 1. The van der Waals surface area contributed by atoms with Crippen LogP contribution in [-0.2, 0) is 0 Å². The molecular formula is C11H20O. The first kappa shape index (κ1) is 11.4. The van der Waals surface area contributed by atoms with E-state index in [2.05, 4.69) is 12.7 Å². The molecule has 70 valence electrons. The monoisotopic (exact) mass is 168 g/mol. The molecule has 0 fully saturated rings. The maximum Gasteiger partial charge on any atom is 0.0512 e. The minimum atomic E-state index is -0.131.